The van der Waals surface area contributed by atoms with Crippen LogP contribution in [-0.2, 0) is 0 Å². The minimum absolute atomic E-state index is 0.170. The molecule has 2 rings (SSSR count). The number of aromatic carboxylic acids is 1. The van der Waals surface area contributed by atoms with Crippen molar-refractivity contribution in [1.29, 1.82) is 0 Å². The Hall–Kier alpha value is -1.55. The first-order valence-corrected chi connectivity index (χ1v) is 6.40. The minimum Gasteiger partial charge on any atom is -0.478 e. The molecule has 18 heavy (non-hydrogen) atoms. The standard InChI is InChI=1S/C14H19NO3/c16-13-6-1-3-10(7-13)9-15-12-5-2-4-11(8-12)14(17)18/h2,4-5,8,10,13,15-16H,1,3,6-7,9H2,(H,17,18). The lowest BCUT2D eigenvalue weighted by Gasteiger charge is -2.26. The quantitative estimate of drug-likeness (QED) is 0.766. The summed E-state index contributed by atoms with van der Waals surface area (Å²) < 4.78 is 0. The molecule has 1 fully saturated rings. The highest BCUT2D eigenvalue weighted by atomic mass is 16.4. The van der Waals surface area contributed by atoms with Gasteiger partial charge in [0.2, 0.25) is 0 Å². The molecule has 0 bridgehead atoms. The number of aliphatic hydroxyl groups excluding tert-OH is 1. The third-order valence-electron chi connectivity index (χ3n) is 3.46. The van der Waals surface area contributed by atoms with Gasteiger partial charge in [0.25, 0.3) is 0 Å². The largest absolute Gasteiger partial charge is 0.478 e. The molecule has 0 saturated heterocycles. The van der Waals surface area contributed by atoms with Gasteiger partial charge in [0.1, 0.15) is 0 Å². The highest BCUT2D eigenvalue weighted by Crippen LogP contribution is 2.24. The van der Waals surface area contributed by atoms with E-state index in [2.05, 4.69) is 5.32 Å². The first-order valence-electron chi connectivity index (χ1n) is 6.40. The normalized spacial score (nSPS) is 23.6. The third-order valence-corrected chi connectivity index (χ3v) is 3.46. The van der Waals surface area contributed by atoms with Crippen molar-refractivity contribution in [2.45, 2.75) is 31.8 Å². The Kier molecular flexibility index (Phi) is 4.20. The Balaban J connectivity index is 1.89. The van der Waals surface area contributed by atoms with E-state index in [-0.39, 0.29) is 6.10 Å². The Bertz CT molecular complexity index is 419. The summed E-state index contributed by atoms with van der Waals surface area (Å²) >= 11 is 0. The lowest BCUT2D eigenvalue weighted by Crippen LogP contribution is -2.25. The number of benzene rings is 1. The lowest BCUT2D eigenvalue weighted by atomic mass is 9.87. The van der Waals surface area contributed by atoms with E-state index >= 15 is 0 Å². The van der Waals surface area contributed by atoms with Gasteiger partial charge in [0, 0.05) is 12.2 Å². The number of nitrogens with one attached hydrogen (secondary N) is 1. The number of anilines is 1. The maximum Gasteiger partial charge on any atom is 0.335 e. The fraction of sp³-hybridized carbons (Fsp3) is 0.500. The number of hydrogen-bond donors (Lipinski definition) is 3. The second kappa shape index (κ2) is 5.87. The van der Waals surface area contributed by atoms with E-state index in [4.69, 9.17) is 5.11 Å². The number of hydrogen-bond acceptors (Lipinski definition) is 3. The second-order valence-electron chi connectivity index (χ2n) is 4.95. The fourth-order valence-electron chi connectivity index (χ4n) is 2.47. The molecule has 98 valence electrons. The number of aliphatic hydroxyl groups is 1. The molecule has 1 aliphatic carbocycles. The molecule has 0 heterocycles. The van der Waals surface area contributed by atoms with Crippen molar-refractivity contribution in [2.24, 2.45) is 5.92 Å². The maximum atomic E-state index is 10.8. The van der Waals surface area contributed by atoms with Gasteiger partial charge in [-0.05, 0) is 43.4 Å². The first kappa shape index (κ1) is 12.9. The smallest absolute Gasteiger partial charge is 0.335 e. The molecule has 1 aromatic carbocycles. The van der Waals surface area contributed by atoms with Gasteiger partial charge in [-0.1, -0.05) is 12.5 Å². The Morgan fingerprint density at radius 3 is 2.94 bits per heavy atom. The number of carboxylic acid groups (broad SMARTS) is 1. The van der Waals surface area contributed by atoms with Crippen LogP contribution in [0.1, 0.15) is 36.0 Å². The summed E-state index contributed by atoms with van der Waals surface area (Å²) in [6.07, 6.45) is 3.78. The molecule has 0 aromatic heterocycles. The van der Waals surface area contributed by atoms with Crippen molar-refractivity contribution in [3.63, 3.8) is 0 Å². The van der Waals surface area contributed by atoms with Crippen LogP contribution < -0.4 is 5.32 Å². The van der Waals surface area contributed by atoms with Gasteiger partial charge in [-0.2, -0.15) is 0 Å². The molecular weight excluding hydrogens is 230 g/mol. The molecule has 1 aromatic rings. The van der Waals surface area contributed by atoms with Crippen LogP contribution in [-0.4, -0.2) is 28.8 Å². The molecule has 1 aliphatic rings. The van der Waals surface area contributed by atoms with Crippen molar-refractivity contribution in [3.8, 4) is 0 Å². The molecule has 2 unspecified atom stereocenters. The molecule has 0 aliphatic heterocycles. The average Bonchev–Trinajstić information content (AvgIpc) is 2.37. The summed E-state index contributed by atoms with van der Waals surface area (Å²) in [7, 11) is 0. The van der Waals surface area contributed by atoms with E-state index < -0.39 is 5.97 Å². The predicted molar refractivity (Wildman–Crippen MR) is 69.9 cm³/mol. The molecule has 4 nitrogen and oxygen atoms in total. The van der Waals surface area contributed by atoms with Crippen LogP contribution in [0.15, 0.2) is 24.3 Å². The zero-order valence-corrected chi connectivity index (χ0v) is 10.3. The lowest BCUT2D eigenvalue weighted by molar-refractivity contribution is 0.0697. The summed E-state index contributed by atoms with van der Waals surface area (Å²) in [5.41, 5.74) is 1.12. The van der Waals surface area contributed by atoms with Crippen molar-refractivity contribution >= 4 is 11.7 Å². The predicted octanol–water partition coefficient (Wildman–Crippen LogP) is 2.35. The second-order valence-corrected chi connectivity index (χ2v) is 4.95. The van der Waals surface area contributed by atoms with Crippen molar-refractivity contribution < 1.29 is 15.0 Å². The molecule has 3 N–H and O–H groups in total. The van der Waals surface area contributed by atoms with Gasteiger partial charge < -0.3 is 15.5 Å². The fourth-order valence-corrected chi connectivity index (χ4v) is 2.47. The van der Waals surface area contributed by atoms with E-state index in [1.165, 1.54) is 0 Å². The monoisotopic (exact) mass is 249 g/mol. The SMILES string of the molecule is O=C(O)c1cccc(NCC2CCCC(O)C2)c1. The summed E-state index contributed by atoms with van der Waals surface area (Å²) in [6.45, 7) is 0.792. The van der Waals surface area contributed by atoms with Crippen LogP contribution in [0.3, 0.4) is 0 Å². The van der Waals surface area contributed by atoms with Crippen LogP contribution in [0.2, 0.25) is 0 Å². The highest BCUT2D eigenvalue weighted by Gasteiger charge is 2.19. The van der Waals surface area contributed by atoms with Gasteiger partial charge in [-0.15, -0.1) is 0 Å². The highest BCUT2D eigenvalue weighted by molar-refractivity contribution is 5.88. The molecular formula is C14H19NO3. The molecule has 1 saturated carbocycles. The Labute approximate surface area is 107 Å². The molecule has 4 heteroatoms. The Morgan fingerprint density at radius 1 is 1.39 bits per heavy atom. The van der Waals surface area contributed by atoms with E-state index in [0.717, 1.165) is 37.9 Å². The van der Waals surface area contributed by atoms with Crippen LogP contribution in [0.25, 0.3) is 0 Å². The minimum atomic E-state index is -0.910. The van der Waals surface area contributed by atoms with Gasteiger partial charge in [0.15, 0.2) is 0 Å². The van der Waals surface area contributed by atoms with Crippen LogP contribution in [0, 0.1) is 5.92 Å². The van der Waals surface area contributed by atoms with E-state index in [0.29, 0.717) is 11.5 Å². The molecule has 0 spiro atoms. The van der Waals surface area contributed by atoms with Crippen molar-refractivity contribution in [1.82, 2.24) is 0 Å². The summed E-state index contributed by atoms with van der Waals surface area (Å²) in [5.74, 6) is -0.436. The first-order chi connectivity index (χ1) is 8.65. The van der Waals surface area contributed by atoms with Crippen molar-refractivity contribution in [3.05, 3.63) is 29.8 Å². The van der Waals surface area contributed by atoms with Crippen LogP contribution >= 0.6 is 0 Å². The number of carboxylic acids is 1. The van der Waals surface area contributed by atoms with Gasteiger partial charge >= 0.3 is 5.97 Å². The van der Waals surface area contributed by atoms with E-state index in [1.807, 2.05) is 6.07 Å². The molecule has 0 amide bonds. The summed E-state index contributed by atoms with van der Waals surface area (Å²) in [6, 6.07) is 6.83. The van der Waals surface area contributed by atoms with Crippen LogP contribution in [0.4, 0.5) is 5.69 Å². The summed E-state index contributed by atoms with van der Waals surface area (Å²) in [4.78, 5) is 10.8. The number of rotatable bonds is 4. The maximum absolute atomic E-state index is 10.8. The molecule has 2 atom stereocenters. The topological polar surface area (TPSA) is 69.6 Å². The Morgan fingerprint density at radius 2 is 2.22 bits per heavy atom. The zero-order valence-electron chi connectivity index (χ0n) is 10.3. The van der Waals surface area contributed by atoms with Gasteiger partial charge in [-0.3, -0.25) is 0 Å². The average molecular weight is 249 g/mol. The summed E-state index contributed by atoms with van der Waals surface area (Å²) in [5, 5.41) is 21.7. The van der Waals surface area contributed by atoms with Crippen molar-refractivity contribution in [2.75, 3.05) is 11.9 Å². The molecule has 0 radical (unpaired) electrons. The van der Waals surface area contributed by atoms with Gasteiger partial charge in [-0.25, -0.2) is 4.79 Å². The van der Waals surface area contributed by atoms with E-state index in [9.17, 15) is 9.90 Å². The van der Waals surface area contributed by atoms with E-state index in [1.54, 1.807) is 18.2 Å². The zero-order chi connectivity index (χ0) is 13.0. The van der Waals surface area contributed by atoms with Crippen LogP contribution in [0.5, 0.6) is 0 Å². The third kappa shape index (κ3) is 3.47. The van der Waals surface area contributed by atoms with Gasteiger partial charge in [0.05, 0.1) is 11.7 Å². The number of carbonyl (C=O) groups is 1.